The molecule has 1 unspecified atom stereocenters. The molecule has 0 radical (unpaired) electrons. The van der Waals surface area contributed by atoms with Crippen molar-refractivity contribution < 1.29 is 4.74 Å². The highest BCUT2D eigenvalue weighted by atomic mass is 16.5. The molecule has 0 spiro atoms. The van der Waals surface area contributed by atoms with E-state index in [4.69, 9.17) is 4.74 Å². The Morgan fingerprint density at radius 2 is 2.06 bits per heavy atom. The van der Waals surface area contributed by atoms with E-state index in [-0.39, 0.29) is 6.04 Å². The largest absolute Gasteiger partial charge is 0.477 e. The van der Waals surface area contributed by atoms with Gasteiger partial charge in [-0.05, 0) is 26.5 Å². The molecule has 0 bridgehead atoms. The quantitative estimate of drug-likeness (QED) is 0.678. The summed E-state index contributed by atoms with van der Waals surface area (Å²) >= 11 is 0. The van der Waals surface area contributed by atoms with E-state index in [0.717, 1.165) is 24.5 Å². The van der Waals surface area contributed by atoms with Gasteiger partial charge in [0.15, 0.2) is 0 Å². The summed E-state index contributed by atoms with van der Waals surface area (Å²) in [5.41, 5.74) is 1.13. The zero-order valence-electron chi connectivity index (χ0n) is 11.9. The Labute approximate surface area is 111 Å². The molecule has 0 aliphatic rings. The molecule has 1 rings (SSSR count). The molecule has 0 aromatic carbocycles. The fraction of sp³-hybridized carbons (Fsp3) is 0.667. The Morgan fingerprint density at radius 3 is 2.78 bits per heavy atom. The fourth-order valence-electron chi connectivity index (χ4n) is 1.88. The van der Waals surface area contributed by atoms with Gasteiger partial charge in [-0.25, -0.2) is 4.98 Å². The van der Waals surface area contributed by atoms with Crippen LogP contribution in [0.3, 0.4) is 0 Å². The molecule has 0 aliphatic carbocycles. The molecular weight excluding hydrogens is 224 g/mol. The first-order chi connectivity index (χ1) is 8.79. The van der Waals surface area contributed by atoms with E-state index >= 15 is 0 Å². The molecule has 0 saturated heterocycles. The van der Waals surface area contributed by atoms with Crippen molar-refractivity contribution in [3.63, 3.8) is 0 Å². The number of pyridine rings is 1. The first-order valence-corrected chi connectivity index (χ1v) is 7.04. The Kier molecular flexibility index (Phi) is 7.42. The second kappa shape index (κ2) is 8.92. The van der Waals surface area contributed by atoms with E-state index in [1.807, 2.05) is 13.1 Å². The zero-order valence-corrected chi connectivity index (χ0v) is 11.9. The van der Waals surface area contributed by atoms with Gasteiger partial charge in [0.2, 0.25) is 5.88 Å². The maximum Gasteiger partial charge on any atom is 0.218 e. The summed E-state index contributed by atoms with van der Waals surface area (Å²) < 4.78 is 5.79. The SMILES string of the molecule is CCCCCCCOc1ncccc1C(C)NC. The van der Waals surface area contributed by atoms with Crippen LogP contribution in [-0.4, -0.2) is 18.6 Å². The highest BCUT2D eigenvalue weighted by Gasteiger charge is 2.10. The van der Waals surface area contributed by atoms with E-state index < -0.39 is 0 Å². The maximum atomic E-state index is 5.79. The lowest BCUT2D eigenvalue weighted by atomic mass is 10.1. The lowest BCUT2D eigenvalue weighted by Gasteiger charge is -2.15. The van der Waals surface area contributed by atoms with Crippen LogP contribution in [0, 0.1) is 0 Å². The number of nitrogens with zero attached hydrogens (tertiary/aromatic N) is 1. The number of nitrogens with one attached hydrogen (secondary N) is 1. The summed E-state index contributed by atoms with van der Waals surface area (Å²) in [6, 6.07) is 4.30. The van der Waals surface area contributed by atoms with Gasteiger partial charge >= 0.3 is 0 Å². The highest BCUT2D eigenvalue weighted by Crippen LogP contribution is 2.22. The predicted octanol–water partition coefficient (Wildman–Crippen LogP) is 3.71. The Bertz CT molecular complexity index is 328. The van der Waals surface area contributed by atoms with Gasteiger partial charge in [0.05, 0.1) is 6.61 Å². The minimum absolute atomic E-state index is 0.272. The third-order valence-corrected chi connectivity index (χ3v) is 3.19. The summed E-state index contributed by atoms with van der Waals surface area (Å²) in [6.45, 7) is 5.12. The van der Waals surface area contributed by atoms with Gasteiger partial charge in [-0.3, -0.25) is 0 Å². The standard InChI is InChI=1S/C15H26N2O/c1-4-5-6-7-8-12-18-15-14(13(2)16-3)10-9-11-17-15/h9-11,13,16H,4-8,12H2,1-3H3. The molecule has 0 amide bonds. The van der Waals surface area contributed by atoms with Gasteiger partial charge in [0.1, 0.15) is 0 Å². The van der Waals surface area contributed by atoms with E-state index in [0.29, 0.717) is 0 Å². The van der Waals surface area contributed by atoms with Crippen LogP contribution in [0.4, 0.5) is 0 Å². The van der Waals surface area contributed by atoms with Crippen molar-refractivity contribution in [2.75, 3.05) is 13.7 Å². The van der Waals surface area contributed by atoms with E-state index in [9.17, 15) is 0 Å². The molecule has 18 heavy (non-hydrogen) atoms. The second-order valence-corrected chi connectivity index (χ2v) is 4.67. The Morgan fingerprint density at radius 1 is 1.28 bits per heavy atom. The van der Waals surface area contributed by atoms with Crippen LogP contribution in [0.5, 0.6) is 5.88 Å². The van der Waals surface area contributed by atoms with Crippen molar-refractivity contribution in [3.05, 3.63) is 23.9 Å². The normalized spacial score (nSPS) is 12.4. The van der Waals surface area contributed by atoms with E-state index in [1.165, 1.54) is 25.7 Å². The molecule has 1 aromatic rings. The number of hydrogen-bond donors (Lipinski definition) is 1. The van der Waals surface area contributed by atoms with Crippen LogP contribution in [0.1, 0.15) is 57.6 Å². The molecule has 0 saturated carbocycles. The monoisotopic (exact) mass is 250 g/mol. The lowest BCUT2D eigenvalue weighted by molar-refractivity contribution is 0.288. The van der Waals surface area contributed by atoms with Crippen molar-refractivity contribution >= 4 is 0 Å². The minimum Gasteiger partial charge on any atom is -0.477 e. The number of ether oxygens (including phenoxy) is 1. The smallest absolute Gasteiger partial charge is 0.218 e. The summed E-state index contributed by atoms with van der Waals surface area (Å²) in [6.07, 6.45) is 8.07. The molecule has 0 fully saturated rings. The van der Waals surface area contributed by atoms with Crippen LogP contribution < -0.4 is 10.1 Å². The summed E-state index contributed by atoms with van der Waals surface area (Å²) in [5.74, 6) is 0.773. The molecule has 3 heteroatoms. The van der Waals surface area contributed by atoms with Crippen molar-refractivity contribution in [2.24, 2.45) is 0 Å². The highest BCUT2D eigenvalue weighted by molar-refractivity contribution is 5.28. The fourth-order valence-corrected chi connectivity index (χ4v) is 1.88. The summed E-state index contributed by atoms with van der Waals surface area (Å²) in [4.78, 5) is 4.32. The van der Waals surface area contributed by atoms with Gasteiger partial charge in [-0.2, -0.15) is 0 Å². The third kappa shape index (κ3) is 5.05. The van der Waals surface area contributed by atoms with Gasteiger partial charge in [-0.15, -0.1) is 0 Å². The maximum absolute atomic E-state index is 5.79. The third-order valence-electron chi connectivity index (χ3n) is 3.19. The predicted molar refractivity (Wildman–Crippen MR) is 76.0 cm³/mol. The molecule has 3 nitrogen and oxygen atoms in total. The van der Waals surface area contributed by atoms with Crippen molar-refractivity contribution in [2.45, 2.75) is 52.0 Å². The first kappa shape index (κ1) is 15.0. The molecule has 1 heterocycles. The minimum atomic E-state index is 0.272. The molecule has 0 aliphatic heterocycles. The van der Waals surface area contributed by atoms with Gasteiger partial charge < -0.3 is 10.1 Å². The van der Waals surface area contributed by atoms with E-state index in [2.05, 4.69) is 30.2 Å². The van der Waals surface area contributed by atoms with E-state index in [1.54, 1.807) is 6.20 Å². The number of hydrogen-bond acceptors (Lipinski definition) is 3. The summed E-state index contributed by atoms with van der Waals surface area (Å²) in [5, 5.41) is 3.22. The molecule has 1 aromatic heterocycles. The van der Waals surface area contributed by atoms with Gasteiger partial charge in [-0.1, -0.05) is 38.7 Å². The second-order valence-electron chi connectivity index (χ2n) is 4.67. The van der Waals surface area contributed by atoms with Crippen LogP contribution in [0.15, 0.2) is 18.3 Å². The zero-order chi connectivity index (χ0) is 13.2. The van der Waals surface area contributed by atoms with Crippen LogP contribution in [0.2, 0.25) is 0 Å². The average Bonchev–Trinajstić information content (AvgIpc) is 2.42. The number of unbranched alkanes of at least 4 members (excludes halogenated alkanes) is 4. The van der Waals surface area contributed by atoms with Crippen LogP contribution >= 0.6 is 0 Å². The van der Waals surface area contributed by atoms with Gasteiger partial charge in [0.25, 0.3) is 0 Å². The van der Waals surface area contributed by atoms with Crippen molar-refractivity contribution in [1.82, 2.24) is 10.3 Å². The number of rotatable bonds is 9. The number of aromatic nitrogens is 1. The molecule has 1 atom stereocenters. The van der Waals surface area contributed by atoms with Crippen LogP contribution in [0.25, 0.3) is 0 Å². The van der Waals surface area contributed by atoms with Crippen molar-refractivity contribution in [1.29, 1.82) is 0 Å². The topological polar surface area (TPSA) is 34.1 Å². The van der Waals surface area contributed by atoms with Crippen molar-refractivity contribution in [3.8, 4) is 5.88 Å². The molecule has 1 N–H and O–H groups in total. The lowest BCUT2D eigenvalue weighted by Crippen LogP contribution is -2.14. The average molecular weight is 250 g/mol. The molecule has 102 valence electrons. The van der Waals surface area contributed by atoms with Gasteiger partial charge in [0, 0.05) is 17.8 Å². The van der Waals surface area contributed by atoms with Crippen LogP contribution in [-0.2, 0) is 0 Å². The first-order valence-electron chi connectivity index (χ1n) is 7.04. The summed E-state index contributed by atoms with van der Waals surface area (Å²) in [7, 11) is 1.95. The Balaban J connectivity index is 2.37. The molecular formula is C15H26N2O. The Hall–Kier alpha value is -1.09.